The highest BCUT2D eigenvalue weighted by atomic mass is 16.6. The summed E-state index contributed by atoms with van der Waals surface area (Å²) in [6, 6.07) is 26.3. The second kappa shape index (κ2) is 8.28. The molecule has 1 heterocycles. The van der Waals surface area contributed by atoms with E-state index in [1.807, 2.05) is 36.4 Å². The number of nitro groups is 1. The zero-order valence-electron chi connectivity index (χ0n) is 16.9. The van der Waals surface area contributed by atoms with Crippen LogP contribution in [0, 0.1) is 10.1 Å². The van der Waals surface area contributed by atoms with E-state index in [-0.39, 0.29) is 5.69 Å². The fourth-order valence-electron chi connectivity index (χ4n) is 3.47. The van der Waals surface area contributed by atoms with Crippen molar-refractivity contribution in [2.45, 2.75) is 0 Å². The molecule has 0 saturated heterocycles. The number of non-ortho nitro benzene ring substituents is 1. The molecule has 6 nitrogen and oxygen atoms in total. The highest BCUT2D eigenvalue weighted by Gasteiger charge is 2.09. The first-order valence-electron chi connectivity index (χ1n) is 10.0. The van der Waals surface area contributed by atoms with E-state index in [2.05, 4.69) is 34.2 Å². The van der Waals surface area contributed by atoms with Gasteiger partial charge in [0.25, 0.3) is 5.69 Å². The van der Waals surface area contributed by atoms with E-state index >= 15 is 0 Å². The summed E-state index contributed by atoms with van der Waals surface area (Å²) >= 11 is 0. The maximum atomic E-state index is 10.9. The molecule has 1 aromatic heterocycles. The van der Waals surface area contributed by atoms with Crippen LogP contribution >= 0.6 is 0 Å². The predicted octanol–water partition coefficient (Wildman–Crippen LogP) is 6.97. The second-order valence-electron chi connectivity index (χ2n) is 7.22. The quantitative estimate of drug-likeness (QED) is 0.175. The molecule has 32 heavy (non-hydrogen) atoms. The van der Waals surface area contributed by atoms with Crippen molar-refractivity contribution in [1.82, 2.24) is 4.98 Å². The van der Waals surface area contributed by atoms with E-state index in [0.29, 0.717) is 11.5 Å². The summed E-state index contributed by atoms with van der Waals surface area (Å²) in [4.78, 5) is 19.5. The minimum absolute atomic E-state index is 0.0581. The molecule has 0 aliphatic heterocycles. The van der Waals surface area contributed by atoms with Gasteiger partial charge in [-0.1, -0.05) is 48.5 Å². The molecule has 0 unspecified atom stereocenters. The Bertz CT molecular complexity index is 1520. The molecule has 6 heteroatoms. The summed E-state index contributed by atoms with van der Waals surface area (Å²) in [6.07, 6.45) is 5.15. The monoisotopic (exact) mass is 419 g/mol. The summed E-state index contributed by atoms with van der Waals surface area (Å²) in [7, 11) is 0. The van der Waals surface area contributed by atoms with Gasteiger partial charge in [0.1, 0.15) is 5.52 Å². The van der Waals surface area contributed by atoms with Crippen LogP contribution in [0.25, 0.3) is 39.4 Å². The van der Waals surface area contributed by atoms with Crippen LogP contribution in [0.15, 0.2) is 100 Å². The Labute approximate surface area is 183 Å². The molecule has 4 aromatic carbocycles. The molecule has 0 atom stereocenters. The zero-order chi connectivity index (χ0) is 21.9. The fraction of sp³-hybridized carbons (Fsp3) is 0. The van der Waals surface area contributed by atoms with Gasteiger partial charge in [-0.15, -0.1) is 0 Å². The van der Waals surface area contributed by atoms with Gasteiger partial charge >= 0.3 is 0 Å². The maximum absolute atomic E-state index is 10.9. The summed E-state index contributed by atoms with van der Waals surface area (Å²) in [6.45, 7) is 0. The van der Waals surface area contributed by atoms with Crippen molar-refractivity contribution in [3.05, 3.63) is 107 Å². The lowest BCUT2D eigenvalue weighted by molar-refractivity contribution is -0.384. The van der Waals surface area contributed by atoms with Gasteiger partial charge < -0.3 is 4.42 Å². The van der Waals surface area contributed by atoms with Gasteiger partial charge in [0.2, 0.25) is 5.89 Å². The number of allylic oxidation sites excluding steroid dienone is 1. The number of hydrogen-bond donors (Lipinski definition) is 0. The normalized spacial score (nSPS) is 11.8. The lowest BCUT2D eigenvalue weighted by Crippen LogP contribution is -1.87. The standard InChI is InChI=1S/C26H17N3O3/c30-29(31)23-9-3-5-18(15-23)6-4-14-27-22-12-13-25-24(17-22)28-26(32-25)21-11-10-19-7-1-2-8-20(19)16-21/h1-17H/b6-4+,27-14?. The van der Waals surface area contributed by atoms with E-state index < -0.39 is 4.92 Å². The Morgan fingerprint density at radius 2 is 1.78 bits per heavy atom. The van der Waals surface area contributed by atoms with Crippen LogP contribution in [0.3, 0.4) is 0 Å². The molecule has 0 amide bonds. The van der Waals surface area contributed by atoms with Gasteiger partial charge in [0.05, 0.1) is 10.6 Å². The first kappa shape index (κ1) is 19.4. The van der Waals surface area contributed by atoms with Crippen molar-refractivity contribution in [2.24, 2.45) is 4.99 Å². The lowest BCUT2D eigenvalue weighted by Gasteiger charge is -1.99. The van der Waals surface area contributed by atoms with E-state index in [9.17, 15) is 10.1 Å². The Morgan fingerprint density at radius 3 is 2.66 bits per heavy atom. The molecule has 0 N–H and O–H groups in total. The van der Waals surface area contributed by atoms with Gasteiger partial charge in [-0.2, -0.15) is 0 Å². The average Bonchev–Trinajstić information content (AvgIpc) is 3.25. The molecule has 0 radical (unpaired) electrons. The van der Waals surface area contributed by atoms with E-state index in [0.717, 1.165) is 27.7 Å². The smallest absolute Gasteiger partial charge is 0.270 e. The van der Waals surface area contributed by atoms with Crippen molar-refractivity contribution in [3.63, 3.8) is 0 Å². The molecule has 5 aromatic rings. The molecule has 0 spiro atoms. The average molecular weight is 419 g/mol. The Balaban J connectivity index is 1.36. The van der Waals surface area contributed by atoms with Crippen molar-refractivity contribution in [2.75, 3.05) is 0 Å². The summed E-state index contributed by atoms with van der Waals surface area (Å²) in [5.41, 5.74) is 3.87. The topological polar surface area (TPSA) is 81.5 Å². The molecule has 0 saturated carbocycles. The molecule has 154 valence electrons. The van der Waals surface area contributed by atoms with Crippen LogP contribution in [0.5, 0.6) is 0 Å². The number of hydrogen-bond acceptors (Lipinski definition) is 5. The van der Waals surface area contributed by atoms with Gasteiger partial charge in [0, 0.05) is 23.9 Å². The SMILES string of the molecule is O=[N+]([O-])c1cccc(/C=C/C=Nc2ccc3oc(-c4ccc5ccccc5c4)nc3c2)c1. The maximum Gasteiger partial charge on any atom is 0.270 e. The number of fused-ring (bicyclic) bond motifs is 2. The molecule has 0 aliphatic carbocycles. The van der Waals surface area contributed by atoms with Crippen LogP contribution < -0.4 is 0 Å². The van der Waals surface area contributed by atoms with E-state index in [1.165, 1.54) is 17.5 Å². The highest BCUT2D eigenvalue weighted by Crippen LogP contribution is 2.29. The Kier molecular flexibility index (Phi) is 5.01. The minimum atomic E-state index is -0.412. The van der Waals surface area contributed by atoms with Gasteiger partial charge in [0.15, 0.2) is 5.58 Å². The number of nitro benzene ring substituents is 1. The number of rotatable bonds is 5. The van der Waals surface area contributed by atoms with Gasteiger partial charge in [-0.3, -0.25) is 15.1 Å². The molecular weight excluding hydrogens is 402 g/mol. The molecule has 0 bridgehead atoms. The van der Waals surface area contributed by atoms with Crippen LogP contribution in [-0.2, 0) is 0 Å². The number of nitrogens with zero attached hydrogens (tertiary/aromatic N) is 3. The van der Waals surface area contributed by atoms with Crippen molar-refractivity contribution >= 4 is 45.5 Å². The molecule has 5 rings (SSSR count). The summed E-state index contributed by atoms with van der Waals surface area (Å²) in [5, 5.41) is 13.2. The van der Waals surface area contributed by atoms with Gasteiger partial charge in [-0.05, 0) is 52.7 Å². The van der Waals surface area contributed by atoms with Crippen LogP contribution in [0.2, 0.25) is 0 Å². The van der Waals surface area contributed by atoms with Crippen molar-refractivity contribution < 1.29 is 9.34 Å². The predicted molar refractivity (Wildman–Crippen MR) is 127 cm³/mol. The molecule has 0 aliphatic rings. The van der Waals surface area contributed by atoms with Crippen molar-refractivity contribution in [1.29, 1.82) is 0 Å². The second-order valence-corrected chi connectivity index (χ2v) is 7.22. The van der Waals surface area contributed by atoms with Crippen LogP contribution in [0.1, 0.15) is 5.56 Å². The fourth-order valence-corrected chi connectivity index (χ4v) is 3.47. The zero-order valence-corrected chi connectivity index (χ0v) is 16.9. The lowest BCUT2D eigenvalue weighted by atomic mass is 10.1. The number of aromatic nitrogens is 1. The number of benzene rings is 4. The van der Waals surface area contributed by atoms with Gasteiger partial charge in [-0.25, -0.2) is 4.98 Å². The first-order chi connectivity index (χ1) is 15.7. The molecule has 0 fully saturated rings. The first-order valence-corrected chi connectivity index (χ1v) is 10.0. The van der Waals surface area contributed by atoms with Crippen molar-refractivity contribution in [3.8, 4) is 11.5 Å². The summed E-state index contributed by atoms with van der Waals surface area (Å²) < 4.78 is 5.94. The third-order valence-electron chi connectivity index (χ3n) is 5.05. The third kappa shape index (κ3) is 4.02. The third-order valence-corrected chi connectivity index (χ3v) is 5.05. The largest absolute Gasteiger partial charge is 0.436 e. The van der Waals surface area contributed by atoms with Crippen LogP contribution in [0.4, 0.5) is 11.4 Å². The summed E-state index contributed by atoms with van der Waals surface area (Å²) in [5.74, 6) is 0.567. The van der Waals surface area contributed by atoms with E-state index in [4.69, 9.17) is 4.42 Å². The minimum Gasteiger partial charge on any atom is -0.436 e. The number of oxazole rings is 1. The molecular formula is C26H17N3O3. The highest BCUT2D eigenvalue weighted by molar-refractivity contribution is 5.88. The van der Waals surface area contributed by atoms with Crippen LogP contribution in [-0.4, -0.2) is 16.1 Å². The Hall–Kier alpha value is -4.58. The number of aliphatic imine (C=N–C) groups is 1. The Morgan fingerprint density at radius 1 is 0.906 bits per heavy atom. The van der Waals surface area contributed by atoms with E-state index in [1.54, 1.807) is 30.5 Å².